The molecule has 2 heteroatoms. The zero-order valence-electron chi connectivity index (χ0n) is 23.8. The Morgan fingerprint density at radius 1 is 0.318 bits per heavy atom. The van der Waals surface area contributed by atoms with Gasteiger partial charge in [0.05, 0.1) is 0 Å². The number of ether oxygens (including phenoxy) is 2. The van der Waals surface area contributed by atoms with Crippen LogP contribution in [0, 0.1) is 23.7 Å². The molecule has 0 spiro atoms. The summed E-state index contributed by atoms with van der Waals surface area (Å²) in [4.78, 5) is 0. The summed E-state index contributed by atoms with van der Waals surface area (Å²) in [7, 11) is 0. The molecule has 0 aliphatic heterocycles. The van der Waals surface area contributed by atoms with Gasteiger partial charge in [0.2, 0.25) is 0 Å². The van der Waals surface area contributed by atoms with Gasteiger partial charge in [-0.05, 0) is 60.7 Å². The van der Waals surface area contributed by atoms with E-state index in [1.54, 1.807) is 0 Å². The van der Waals surface area contributed by atoms with E-state index in [4.69, 9.17) is 9.47 Å². The SMILES string of the molecule is C(#Cc1c2cccc(Oc3ccccc3)c2c(C#Cc2ccccc2)c2cccc(Oc3ccccc3)c12)c1ccccc1. The highest BCUT2D eigenvalue weighted by atomic mass is 16.5. The molecule has 0 bridgehead atoms. The van der Waals surface area contributed by atoms with Crippen LogP contribution in [-0.2, 0) is 0 Å². The molecular formula is C42H26O2. The highest BCUT2D eigenvalue weighted by molar-refractivity contribution is 6.13. The molecule has 0 aliphatic rings. The Bertz CT molecular complexity index is 2040. The van der Waals surface area contributed by atoms with Crippen LogP contribution < -0.4 is 9.47 Å². The third kappa shape index (κ3) is 5.62. The number of para-hydroxylation sites is 2. The second-order valence-corrected chi connectivity index (χ2v) is 10.2. The topological polar surface area (TPSA) is 18.5 Å². The quantitative estimate of drug-likeness (QED) is 0.157. The molecule has 0 aliphatic carbocycles. The van der Waals surface area contributed by atoms with E-state index in [1.807, 2.05) is 146 Å². The van der Waals surface area contributed by atoms with Crippen molar-refractivity contribution >= 4 is 21.5 Å². The van der Waals surface area contributed by atoms with Gasteiger partial charge in [-0.1, -0.05) is 121 Å². The molecule has 0 heterocycles. The lowest BCUT2D eigenvalue weighted by Gasteiger charge is -2.17. The molecule has 0 radical (unpaired) electrons. The first-order valence-electron chi connectivity index (χ1n) is 14.4. The lowest BCUT2D eigenvalue weighted by molar-refractivity contribution is 0.487. The Kier molecular flexibility index (Phi) is 7.48. The van der Waals surface area contributed by atoms with E-state index in [1.165, 1.54) is 0 Å². The summed E-state index contributed by atoms with van der Waals surface area (Å²) in [6.07, 6.45) is 0. The van der Waals surface area contributed by atoms with Crippen LogP contribution in [0.25, 0.3) is 21.5 Å². The second kappa shape index (κ2) is 12.3. The molecule has 0 N–H and O–H groups in total. The summed E-state index contributed by atoms with van der Waals surface area (Å²) >= 11 is 0. The monoisotopic (exact) mass is 562 g/mol. The maximum Gasteiger partial charge on any atom is 0.136 e. The van der Waals surface area contributed by atoms with E-state index < -0.39 is 0 Å². The molecule has 44 heavy (non-hydrogen) atoms. The van der Waals surface area contributed by atoms with Crippen molar-refractivity contribution in [3.8, 4) is 46.7 Å². The molecular weight excluding hydrogens is 536 g/mol. The number of fused-ring (bicyclic) bond motifs is 2. The van der Waals surface area contributed by atoms with Crippen molar-refractivity contribution < 1.29 is 9.47 Å². The van der Waals surface area contributed by atoms with Crippen LogP contribution in [0.2, 0.25) is 0 Å². The van der Waals surface area contributed by atoms with E-state index in [2.05, 4.69) is 35.8 Å². The largest absolute Gasteiger partial charge is 0.457 e. The molecule has 0 unspecified atom stereocenters. The van der Waals surface area contributed by atoms with Gasteiger partial charge in [0.15, 0.2) is 0 Å². The fourth-order valence-electron chi connectivity index (χ4n) is 5.24. The van der Waals surface area contributed by atoms with Crippen LogP contribution in [0.1, 0.15) is 22.3 Å². The van der Waals surface area contributed by atoms with Crippen molar-refractivity contribution in [1.29, 1.82) is 0 Å². The summed E-state index contributed by atoms with van der Waals surface area (Å²) in [5, 5.41) is 3.69. The van der Waals surface area contributed by atoms with E-state index >= 15 is 0 Å². The minimum absolute atomic E-state index is 0.713. The standard InChI is InChI=1S/C42H26O2/c1-5-15-31(16-6-1)27-29-37-35-23-13-26-40(44-34-21-11-4-12-22-34)42(35)38(30-28-32-17-7-2-8-18-32)36-24-14-25-39(41(36)37)43-33-19-9-3-10-20-33/h1-26H. The molecule has 206 valence electrons. The van der Waals surface area contributed by atoms with Crippen LogP contribution in [-0.4, -0.2) is 0 Å². The van der Waals surface area contributed by atoms with Crippen LogP contribution in [0.4, 0.5) is 0 Å². The van der Waals surface area contributed by atoms with Crippen molar-refractivity contribution in [2.45, 2.75) is 0 Å². The number of hydrogen-bond acceptors (Lipinski definition) is 2. The Labute approximate surface area is 257 Å². The van der Waals surface area contributed by atoms with Gasteiger partial charge >= 0.3 is 0 Å². The smallest absolute Gasteiger partial charge is 0.136 e. The van der Waals surface area contributed by atoms with Crippen molar-refractivity contribution in [1.82, 2.24) is 0 Å². The van der Waals surface area contributed by atoms with Gasteiger partial charge in [-0.2, -0.15) is 0 Å². The average Bonchev–Trinajstić information content (AvgIpc) is 3.08. The van der Waals surface area contributed by atoms with Gasteiger partial charge < -0.3 is 9.47 Å². The number of benzene rings is 7. The summed E-state index contributed by atoms with van der Waals surface area (Å²) in [6.45, 7) is 0. The van der Waals surface area contributed by atoms with E-state index in [0.29, 0.717) is 11.5 Å². The van der Waals surface area contributed by atoms with E-state index in [9.17, 15) is 0 Å². The third-order valence-electron chi connectivity index (χ3n) is 7.24. The maximum absolute atomic E-state index is 6.53. The first kappa shape index (κ1) is 26.7. The minimum Gasteiger partial charge on any atom is -0.457 e. The van der Waals surface area contributed by atoms with Gasteiger partial charge in [0.25, 0.3) is 0 Å². The highest BCUT2D eigenvalue weighted by Crippen LogP contribution is 2.43. The van der Waals surface area contributed by atoms with Gasteiger partial charge in [-0.25, -0.2) is 0 Å². The van der Waals surface area contributed by atoms with Gasteiger partial charge in [0, 0.05) is 43.8 Å². The third-order valence-corrected chi connectivity index (χ3v) is 7.24. The summed E-state index contributed by atoms with van der Waals surface area (Å²) < 4.78 is 13.1. The first-order valence-corrected chi connectivity index (χ1v) is 14.4. The van der Waals surface area contributed by atoms with Gasteiger partial charge in [-0.15, -0.1) is 0 Å². The molecule has 0 atom stereocenters. The molecule has 2 nitrogen and oxygen atoms in total. The Morgan fingerprint density at radius 3 is 1.07 bits per heavy atom. The molecule has 0 fully saturated rings. The van der Waals surface area contributed by atoms with Crippen molar-refractivity contribution in [3.05, 3.63) is 180 Å². The molecule has 7 rings (SSSR count). The predicted molar refractivity (Wildman–Crippen MR) is 179 cm³/mol. The normalized spacial score (nSPS) is 10.4. The van der Waals surface area contributed by atoms with Crippen molar-refractivity contribution in [3.63, 3.8) is 0 Å². The Hall–Kier alpha value is -6.22. The summed E-state index contributed by atoms with van der Waals surface area (Å²) in [6, 6.07) is 51.9. The Balaban J connectivity index is 1.57. The van der Waals surface area contributed by atoms with Gasteiger partial charge in [0.1, 0.15) is 23.0 Å². The number of hydrogen-bond donors (Lipinski definition) is 0. The van der Waals surface area contributed by atoms with Crippen molar-refractivity contribution in [2.24, 2.45) is 0 Å². The average molecular weight is 563 g/mol. The summed E-state index contributed by atoms with van der Waals surface area (Å²) in [5.74, 6) is 16.8. The lowest BCUT2D eigenvalue weighted by atomic mass is 9.90. The summed E-state index contributed by atoms with van der Waals surface area (Å²) in [5.41, 5.74) is 3.57. The zero-order chi connectivity index (χ0) is 29.6. The van der Waals surface area contributed by atoms with Gasteiger partial charge in [-0.3, -0.25) is 0 Å². The molecule has 0 amide bonds. The van der Waals surface area contributed by atoms with Crippen molar-refractivity contribution in [2.75, 3.05) is 0 Å². The zero-order valence-corrected chi connectivity index (χ0v) is 23.8. The molecule has 0 aromatic heterocycles. The van der Waals surface area contributed by atoms with Crippen LogP contribution in [0.3, 0.4) is 0 Å². The molecule has 0 saturated heterocycles. The van der Waals surface area contributed by atoms with E-state index in [-0.39, 0.29) is 0 Å². The predicted octanol–water partition coefficient (Wildman–Crippen LogP) is 10.4. The first-order chi connectivity index (χ1) is 21.8. The highest BCUT2D eigenvalue weighted by Gasteiger charge is 2.19. The second-order valence-electron chi connectivity index (χ2n) is 10.2. The fourth-order valence-corrected chi connectivity index (χ4v) is 5.24. The lowest BCUT2D eigenvalue weighted by Crippen LogP contribution is -1.96. The maximum atomic E-state index is 6.53. The minimum atomic E-state index is 0.713. The molecule has 7 aromatic carbocycles. The van der Waals surface area contributed by atoms with Crippen LogP contribution in [0.15, 0.2) is 158 Å². The fraction of sp³-hybridized carbons (Fsp3) is 0. The number of rotatable bonds is 4. The van der Waals surface area contributed by atoms with E-state index in [0.717, 1.165) is 55.3 Å². The molecule has 0 saturated carbocycles. The van der Waals surface area contributed by atoms with Crippen LogP contribution in [0.5, 0.6) is 23.0 Å². The van der Waals surface area contributed by atoms with Crippen LogP contribution >= 0.6 is 0 Å². The molecule has 7 aromatic rings. The Morgan fingerprint density at radius 2 is 0.682 bits per heavy atom.